The Bertz CT molecular complexity index is 368. The molecule has 0 aliphatic rings. The summed E-state index contributed by atoms with van der Waals surface area (Å²) in [5.41, 5.74) is 0.506. The van der Waals surface area contributed by atoms with Crippen LogP contribution in [0.2, 0.25) is 0 Å². The van der Waals surface area contributed by atoms with E-state index >= 15 is 0 Å². The van der Waals surface area contributed by atoms with Gasteiger partial charge in [0.2, 0.25) is 0 Å². The Morgan fingerprint density at radius 3 is 2.86 bits per heavy atom. The Labute approximate surface area is 81.7 Å². The lowest BCUT2D eigenvalue weighted by Crippen LogP contribution is -1.97. The number of carbonyl (C=O) groups is 1. The number of nitriles is 1. The maximum absolute atomic E-state index is 10.5. The zero-order valence-corrected chi connectivity index (χ0v) is 7.69. The number of ether oxygens (including phenoxy) is 2. The Morgan fingerprint density at radius 2 is 2.29 bits per heavy atom. The summed E-state index contributed by atoms with van der Waals surface area (Å²) >= 11 is 0. The smallest absolute Gasteiger partial charge is 0.174 e. The van der Waals surface area contributed by atoms with Crippen LogP contribution in [0.25, 0.3) is 0 Å². The fraction of sp³-hybridized carbons (Fsp3) is 0.200. The number of nitrogens with zero attached hydrogens (tertiary/aromatic N) is 1. The van der Waals surface area contributed by atoms with Crippen LogP contribution >= 0.6 is 0 Å². The van der Waals surface area contributed by atoms with Crippen molar-refractivity contribution in [1.29, 1.82) is 5.26 Å². The van der Waals surface area contributed by atoms with Crippen molar-refractivity contribution in [3.05, 3.63) is 23.8 Å². The van der Waals surface area contributed by atoms with Gasteiger partial charge in [0, 0.05) is 5.56 Å². The molecule has 1 aromatic carbocycles. The number of methoxy groups -OCH3 is 1. The van der Waals surface area contributed by atoms with Gasteiger partial charge in [-0.05, 0) is 18.2 Å². The van der Waals surface area contributed by atoms with Gasteiger partial charge in [-0.2, -0.15) is 5.26 Å². The van der Waals surface area contributed by atoms with Gasteiger partial charge in [-0.1, -0.05) is 0 Å². The number of aldehydes is 1. The van der Waals surface area contributed by atoms with E-state index in [2.05, 4.69) is 0 Å². The van der Waals surface area contributed by atoms with Gasteiger partial charge in [0.1, 0.15) is 12.4 Å². The zero-order chi connectivity index (χ0) is 10.4. The van der Waals surface area contributed by atoms with Crippen molar-refractivity contribution in [2.75, 3.05) is 13.7 Å². The molecular weight excluding hydrogens is 182 g/mol. The highest BCUT2D eigenvalue weighted by molar-refractivity contribution is 5.76. The summed E-state index contributed by atoms with van der Waals surface area (Å²) < 4.78 is 10.1. The molecule has 0 heterocycles. The van der Waals surface area contributed by atoms with Gasteiger partial charge in [0.15, 0.2) is 18.1 Å². The van der Waals surface area contributed by atoms with Crippen molar-refractivity contribution in [3.63, 3.8) is 0 Å². The Hall–Kier alpha value is -2.02. The van der Waals surface area contributed by atoms with E-state index in [1.807, 2.05) is 6.07 Å². The highest BCUT2D eigenvalue weighted by atomic mass is 16.5. The number of hydrogen-bond donors (Lipinski definition) is 0. The molecule has 0 radical (unpaired) electrons. The molecule has 0 saturated carbocycles. The quantitative estimate of drug-likeness (QED) is 0.675. The van der Waals surface area contributed by atoms with Crippen molar-refractivity contribution >= 4 is 6.29 Å². The number of carbonyl (C=O) groups excluding carboxylic acids is 1. The van der Waals surface area contributed by atoms with Crippen LogP contribution in [-0.2, 0) is 0 Å². The van der Waals surface area contributed by atoms with Gasteiger partial charge in [0.05, 0.1) is 7.11 Å². The maximum Gasteiger partial charge on any atom is 0.174 e. The van der Waals surface area contributed by atoms with E-state index in [1.54, 1.807) is 18.2 Å². The molecule has 14 heavy (non-hydrogen) atoms. The lowest BCUT2D eigenvalue weighted by molar-refractivity contribution is 0.112. The molecule has 0 aromatic heterocycles. The van der Waals surface area contributed by atoms with Crippen LogP contribution in [0, 0.1) is 11.3 Å². The second kappa shape index (κ2) is 4.87. The van der Waals surface area contributed by atoms with E-state index in [0.29, 0.717) is 17.1 Å². The van der Waals surface area contributed by atoms with Crippen LogP contribution in [0.5, 0.6) is 11.5 Å². The van der Waals surface area contributed by atoms with Gasteiger partial charge in [-0.3, -0.25) is 4.79 Å². The second-order valence-electron chi connectivity index (χ2n) is 2.47. The van der Waals surface area contributed by atoms with Crippen LogP contribution in [0.4, 0.5) is 0 Å². The molecule has 1 rings (SSSR count). The van der Waals surface area contributed by atoms with Crippen molar-refractivity contribution in [2.24, 2.45) is 0 Å². The molecule has 0 aliphatic heterocycles. The summed E-state index contributed by atoms with van der Waals surface area (Å²) in [6, 6.07) is 6.60. The molecule has 0 saturated heterocycles. The molecule has 0 fully saturated rings. The summed E-state index contributed by atoms with van der Waals surface area (Å²) in [7, 11) is 1.48. The predicted octanol–water partition coefficient (Wildman–Crippen LogP) is 1.41. The predicted molar refractivity (Wildman–Crippen MR) is 49.5 cm³/mol. The van der Waals surface area contributed by atoms with E-state index < -0.39 is 0 Å². The van der Waals surface area contributed by atoms with Crippen molar-refractivity contribution in [3.8, 4) is 17.6 Å². The number of benzene rings is 1. The van der Waals surface area contributed by atoms with Crippen molar-refractivity contribution in [2.45, 2.75) is 0 Å². The second-order valence-corrected chi connectivity index (χ2v) is 2.47. The van der Waals surface area contributed by atoms with E-state index in [9.17, 15) is 4.79 Å². The number of rotatable bonds is 4. The average Bonchev–Trinajstić information content (AvgIpc) is 2.26. The minimum Gasteiger partial charge on any atom is -0.493 e. The van der Waals surface area contributed by atoms with Crippen molar-refractivity contribution < 1.29 is 14.3 Å². The van der Waals surface area contributed by atoms with Crippen LogP contribution in [0.3, 0.4) is 0 Å². The standard InChI is InChI=1S/C10H9NO3/c1-13-10-6-8(7-12)2-3-9(10)14-5-4-11/h2-3,6-7H,5H2,1H3. The van der Waals surface area contributed by atoms with Crippen LogP contribution < -0.4 is 9.47 Å². The summed E-state index contributed by atoms with van der Waals surface area (Å²) in [6.07, 6.45) is 0.719. The Balaban J connectivity index is 2.94. The molecule has 0 spiro atoms. The van der Waals surface area contributed by atoms with Crippen LogP contribution in [0.15, 0.2) is 18.2 Å². The normalized spacial score (nSPS) is 8.86. The Morgan fingerprint density at radius 1 is 1.50 bits per heavy atom. The molecule has 0 atom stereocenters. The summed E-state index contributed by atoms with van der Waals surface area (Å²) in [4.78, 5) is 10.5. The summed E-state index contributed by atoms with van der Waals surface area (Å²) in [5.74, 6) is 0.907. The molecule has 0 amide bonds. The largest absolute Gasteiger partial charge is 0.493 e. The van der Waals surface area contributed by atoms with Gasteiger partial charge < -0.3 is 9.47 Å². The first-order valence-corrected chi connectivity index (χ1v) is 3.94. The molecule has 0 unspecified atom stereocenters. The van der Waals surface area contributed by atoms with E-state index in [4.69, 9.17) is 14.7 Å². The zero-order valence-electron chi connectivity index (χ0n) is 7.69. The van der Waals surface area contributed by atoms with Gasteiger partial charge in [0.25, 0.3) is 0 Å². The lowest BCUT2D eigenvalue weighted by Gasteiger charge is -2.07. The monoisotopic (exact) mass is 191 g/mol. The first-order chi connectivity index (χ1) is 6.81. The maximum atomic E-state index is 10.5. The molecule has 1 aromatic rings. The third-order valence-electron chi connectivity index (χ3n) is 1.62. The van der Waals surface area contributed by atoms with E-state index in [0.717, 1.165) is 6.29 Å². The van der Waals surface area contributed by atoms with Crippen LogP contribution in [-0.4, -0.2) is 20.0 Å². The van der Waals surface area contributed by atoms with Crippen molar-refractivity contribution in [1.82, 2.24) is 0 Å². The SMILES string of the molecule is COc1cc(C=O)ccc1OCC#N. The third kappa shape index (κ3) is 2.23. The highest BCUT2D eigenvalue weighted by Gasteiger charge is 2.04. The average molecular weight is 191 g/mol. The van der Waals surface area contributed by atoms with Gasteiger partial charge in [-0.25, -0.2) is 0 Å². The fourth-order valence-electron chi connectivity index (χ4n) is 0.987. The van der Waals surface area contributed by atoms with Gasteiger partial charge >= 0.3 is 0 Å². The summed E-state index contributed by atoms with van der Waals surface area (Å²) in [5, 5.41) is 8.32. The molecule has 72 valence electrons. The van der Waals surface area contributed by atoms with Crippen LogP contribution in [0.1, 0.15) is 10.4 Å². The molecule has 0 bridgehead atoms. The topological polar surface area (TPSA) is 59.3 Å². The van der Waals surface area contributed by atoms with Gasteiger partial charge in [-0.15, -0.1) is 0 Å². The summed E-state index contributed by atoms with van der Waals surface area (Å²) in [6.45, 7) is -0.0448. The van der Waals surface area contributed by atoms with E-state index in [-0.39, 0.29) is 6.61 Å². The molecule has 4 heteroatoms. The molecule has 0 N–H and O–H groups in total. The minimum absolute atomic E-state index is 0.0448. The Kier molecular flexibility index (Phi) is 3.50. The minimum atomic E-state index is -0.0448. The first kappa shape index (κ1) is 10.1. The molecule has 4 nitrogen and oxygen atoms in total. The highest BCUT2D eigenvalue weighted by Crippen LogP contribution is 2.27. The third-order valence-corrected chi connectivity index (χ3v) is 1.62. The van der Waals surface area contributed by atoms with E-state index in [1.165, 1.54) is 7.11 Å². The lowest BCUT2D eigenvalue weighted by atomic mass is 10.2. The molecule has 0 aliphatic carbocycles. The molecular formula is C10H9NO3. The number of hydrogen-bond acceptors (Lipinski definition) is 4. The fourth-order valence-corrected chi connectivity index (χ4v) is 0.987. The first-order valence-electron chi connectivity index (χ1n) is 3.94.